The summed E-state index contributed by atoms with van der Waals surface area (Å²) in [5, 5.41) is 2.89. The molecule has 1 aliphatic heterocycles. The summed E-state index contributed by atoms with van der Waals surface area (Å²) in [4.78, 5) is 13.5. The number of ether oxygens (including phenoxy) is 1. The summed E-state index contributed by atoms with van der Waals surface area (Å²) < 4.78 is 44.6. The molecule has 0 spiro atoms. The molecule has 0 saturated carbocycles. The average Bonchev–Trinajstić information content (AvgIpc) is 2.86. The van der Waals surface area contributed by atoms with Crippen LogP contribution < -0.4 is 5.32 Å². The van der Waals surface area contributed by atoms with E-state index in [1.54, 1.807) is 20.8 Å². The van der Waals surface area contributed by atoms with E-state index in [1.807, 2.05) is 0 Å². The molecule has 2 rings (SSSR count). The Morgan fingerprint density at radius 3 is 2.58 bits per heavy atom. The molecule has 1 atom stereocenters. The van der Waals surface area contributed by atoms with Crippen LogP contribution >= 0.6 is 11.6 Å². The van der Waals surface area contributed by atoms with Crippen LogP contribution in [-0.2, 0) is 10.9 Å². The van der Waals surface area contributed by atoms with Crippen molar-refractivity contribution >= 4 is 23.4 Å². The standard InChI is InChI=1S/C16H20ClF3N2O2/c1-15(2,3)24-14(23)22-7-6-11(9-22)21-13-5-4-10(17)8-12(13)16(18,19)20/h4-5,8,11,21H,6-7,9H2,1-3H3. The van der Waals surface area contributed by atoms with Gasteiger partial charge in [0.1, 0.15) is 5.60 Å². The van der Waals surface area contributed by atoms with Crippen molar-refractivity contribution in [1.82, 2.24) is 4.90 Å². The van der Waals surface area contributed by atoms with Gasteiger partial charge in [0.25, 0.3) is 0 Å². The lowest BCUT2D eigenvalue weighted by Crippen LogP contribution is -2.36. The van der Waals surface area contributed by atoms with Gasteiger partial charge in [-0.25, -0.2) is 4.79 Å². The number of carbonyl (C=O) groups excluding carboxylic acids is 1. The molecule has 1 aromatic rings. The van der Waals surface area contributed by atoms with Crippen LogP contribution in [0.25, 0.3) is 0 Å². The lowest BCUT2D eigenvalue weighted by molar-refractivity contribution is -0.137. The van der Waals surface area contributed by atoms with Gasteiger partial charge in [0.15, 0.2) is 0 Å². The predicted octanol–water partition coefficient (Wildman–Crippen LogP) is 4.78. The first-order valence-electron chi connectivity index (χ1n) is 7.57. The quantitative estimate of drug-likeness (QED) is 0.821. The van der Waals surface area contributed by atoms with Gasteiger partial charge in [-0.05, 0) is 45.4 Å². The highest BCUT2D eigenvalue weighted by molar-refractivity contribution is 6.30. The number of anilines is 1. The van der Waals surface area contributed by atoms with E-state index in [4.69, 9.17) is 16.3 Å². The number of halogens is 4. The number of benzene rings is 1. The van der Waals surface area contributed by atoms with E-state index in [2.05, 4.69) is 5.32 Å². The molecular weight excluding hydrogens is 345 g/mol. The maximum atomic E-state index is 13.1. The van der Waals surface area contributed by atoms with Crippen LogP contribution in [0.2, 0.25) is 5.02 Å². The van der Waals surface area contributed by atoms with Crippen molar-refractivity contribution in [3.8, 4) is 0 Å². The van der Waals surface area contributed by atoms with Crippen LogP contribution in [0.4, 0.5) is 23.7 Å². The van der Waals surface area contributed by atoms with E-state index in [9.17, 15) is 18.0 Å². The van der Waals surface area contributed by atoms with Gasteiger partial charge in [-0.3, -0.25) is 0 Å². The van der Waals surface area contributed by atoms with Crippen molar-refractivity contribution in [1.29, 1.82) is 0 Å². The van der Waals surface area contributed by atoms with E-state index < -0.39 is 23.4 Å². The molecule has 0 radical (unpaired) electrons. The molecule has 134 valence electrons. The first kappa shape index (κ1) is 18.7. The van der Waals surface area contributed by atoms with Gasteiger partial charge in [-0.2, -0.15) is 13.2 Å². The van der Waals surface area contributed by atoms with Crippen molar-refractivity contribution in [3.63, 3.8) is 0 Å². The molecule has 0 aliphatic carbocycles. The Bertz CT molecular complexity index is 614. The molecule has 4 nitrogen and oxygen atoms in total. The number of carbonyl (C=O) groups is 1. The van der Waals surface area contributed by atoms with Crippen LogP contribution in [0, 0.1) is 0 Å². The van der Waals surface area contributed by atoms with Crippen molar-refractivity contribution in [2.24, 2.45) is 0 Å². The van der Waals surface area contributed by atoms with Gasteiger partial charge in [0.2, 0.25) is 0 Å². The number of amides is 1. The third kappa shape index (κ3) is 4.93. The Morgan fingerprint density at radius 2 is 2.00 bits per heavy atom. The van der Waals surface area contributed by atoms with Crippen LogP contribution in [0.5, 0.6) is 0 Å². The zero-order valence-electron chi connectivity index (χ0n) is 13.7. The number of nitrogens with one attached hydrogen (secondary N) is 1. The Morgan fingerprint density at radius 1 is 1.33 bits per heavy atom. The van der Waals surface area contributed by atoms with Gasteiger partial charge in [-0.15, -0.1) is 0 Å². The highest BCUT2D eigenvalue weighted by Crippen LogP contribution is 2.37. The summed E-state index contributed by atoms with van der Waals surface area (Å²) >= 11 is 5.67. The van der Waals surface area contributed by atoms with Crippen LogP contribution in [0.1, 0.15) is 32.8 Å². The monoisotopic (exact) mass is 364 g/mol. The molecule has 1 aliphatic rings. The molecule has 0 aromatic heterocycles. The lowest BCUT2D eigenvalue weighted by Gasteiger charge is -2.24. The summed E-state index contributed by atoms with van der Waals surface area (Å²) in [6, 6.07) is 3.32. The Balaban J connectivity index is 2.05. The summed E-state index contributed by atoms with van der Waals surface area (Å²) in [5.74, 6) is 0. The normalized spacial score (nSPS) is 18.6. The fourth-order valence-corrected chi connectivity index (χ4v) is 2.64. The van der Waals surface area contributed by atoms with Gasteiger partial charge in [0, 0.05) is 29.8 Å². The Labute approximate surface area is 143 Å². The van der Waals surface area contributed by atoms with E-state index in [0.717, 1.165) is 6.07 Å². The maximum Gasteiger partial charge on any atom is 0.418 e. The molecule has 1 saturated heterocycles. The summed E-state index contributed by atoms with van der Waals surface area (Å²) in [7, 11) is 0. The smallest absolute Gasteiger partial charge is 0.418 e. The zero-order chi connectivity index (χ0) is 18.1. The molecule has 1 amide bonds. The van der Waals surface area contributed by atoms with Gasteiger partial charge >= 0.3 is 12.3 Å². The average molecular weight is 365 g/mol. The lowest BCUT2D eigenvalue weighted by atomic mass is 10.1. The summed E-state index contributed by atoms with van der Waals surface area (Å²) in [5.41, 5.74) is -1.46. The minimum atomic E-state index is -4.50. The highest BCUT2D eigenvalue weighted by atomic mass is 35.5. The van der Waals surface area contributed by atoms with Crippen LogP contribution in [0.3, 0.4) is 0 Å². The number of hydrogen-bond acceptors (Lipinski definition) is 3. The number of nitrogens with zero attached hydrogens (tertiary/aromatic N) is 1. The molecular formula is C16H20ClF3N2O2. The van der Waals surface area contributed by atoms with Crippen molar-refractivity contribution in [2.75, 3.05) is 18.4 Å². The molecule has 1 heterocycles. The number of rotatable bonds is 2. The maximum absolute atomic E-state index is 13.1. The van der Waals surface area contributed by atoms with Crippen molar-refractivity contribution in [3.05, 3.63) is 28.8 Å². The van der Waals surface area contributed by atoms with E-state index in [-0.39, 0.29) is 23.3 Å². The molecule has 8 heteroatoms. The minimum Gasteiger partial charge on any atom is -0.444 e. The van der Waals surface area contributed by atoms with Crippen molar-refractivity contribution in [2.45, 2.75) is 45.0 Å². The van der Waals surface area contributed by atoms with Crippen molar-refractivity contribution < 1.29 is 22.7 Å². The largest absolute Gasteiger partial charge is 0.444 e. The molecule has 24 heavy (non-hydrogen) atoms. The molecule has 1 fully saturated rings. The third-order valence-electron chi connectivity index (χ3n) is 3.49. The highest BCUT2D eigenvalue weighted by Gasteiger charge is 2.35. The first-order valence-corrected chi connectivity index (χ1v) is 7.95. The molecule has 0 bridgehead atoms. The van der Waals surface area contributed by atoms with E-state index in [0.29, 0.717) is 13.0 Å². The van der Waals surface area contributed by atoms with E-state index >= 15 is 0 Å². The summed E-state index contributed by atoms with van der Waals surface area (Å²) in [6.07, 6.45) is -4.42. The van der Waals surface area contributed by atoms with Crippen LogP contribution in [-0.4, -0.2) is 35.7 Å². The zero-order valence-corrected chi connectivity index (χ0v) is 14.5. The van der Waals surface area contributed by atoms with Crippen LogP contribution in [0.15, 0.2) is 18.2 Å². The van der Waals surface area contributed by atoms with Gasteiger partial charge in [-0.1, -0.05) is 11.6 Å². The SMILES string of the molecule is CC(C)(C)OC(=O)N1CCC(Nc2ccc(Cl)cc2C(F)(F)F)C1. The van der Waals surface area contributed by atoms with Gasteiger partial charge in [0.05, 0.1) is 5.56 Å². The fraction of sp³-hybridized carbons (Fsp3) is 0.562. The number of likely N-dealkylation sites (tertiary alicyclic amines) is 1. The molecule has 1 N–H and O–H groups in total. The first-order chi connectivity index (χ1) is 11.0. The molecule has 1 aromatic carbocycles. The Kier molecular flexibility index (Phi) is 5.22. The number of hydrogen-bond donors (Lipinski definition) is 1. The van der Waals surface area contributed by atoms with Gasteiger partial charge < -0.3 is 15.0 Å². The Hall–Kier alpha value is -1.63. The molecule has 1 unspecified atom stereocenters. The number of alkyl halides is 3. The topological polar surface area (TPSA) is 41.6 Å². The van der Waals surface area contributed by atoms with E-state index in [1.165, 1.54) is 17.0 Å². The summed E-state index contributed by atoms with van der Waals surface area (Å²) in [6.45, 7) is 6.01. The minimum absolute atomic E-state index is 0.0229. The second-order valence-electron chi connectivity index (χ2n) is 6.74. The second-order valence-corrected chi connectivity index (χ2v) is 7.18. The second kappa shape index (κ2) is 6.70. The third-order valence-corrected chi connectivity index (χ3v) is 3.72. The fourth-order valence-electron chi connectivity index (χ4n) is 2.47. The predicted molar refractivity (Wildman–Crippen MR) is 86.3 cm³/mol.